The van der Waals surface area contributed by atoms with Crippen molar-refractivity contribution in [1.29, 1.82) is 0 Å². The third-order valence-electron chi connectivity index (χ3n) is 10.5. The van der Waals surface area contributed by atoms with Crippen molar-refractivity contribution < 1.29 is 14.3 Å². The van der Waals surface area contributed by atoms with Crippen molar-refractivity contribution >= 4 is 28.5 Å². The molecule has 11 nitrogen and oxygen atoms in total. The zero-order valence-electron chi connectivity index (χ0n) is 29.5. The Kier molecular flexibility index (Phi) is 9.83. The third kappa shape index (κ3) is 6.56. The fraction of sp³-hybridized carbons (Fsp3) is 0.474. The van der Waals surface area contributed by atoms with Crippen LogP contribution in [0.4, 0.5) is 5.69 Å². The number of benzene rings is 2. The second-order valence-electron chi connectivity index (χ2n) is 13.5. The van der Waals surface area contributed by atoms with Gasteiger partial charge in [0.05, 0.1) is 11.0 Å². The monoisotopic (exact) mass is 668 g/mol. The minimum absolute atomic E-state index is 0.0247. The fourth-order valence-corrected chi connectivity index (χ4v) is 7.83. The smallest absolute Gasteiger partial charge is 0.329 e. The standard InChI is InChI=1S/C38H48N6O5/c1-7-43(28-14-18-49-19-15-28)35-25(4)30(36(46)39-22-32-23(2)20-24(3)40-37(32)47)9-10-31(35)27-8-11-33-34(21-27)41(6)38(48)44(33)29-12-16-42(17-13-29)26(5)45/h8-11,20-21,28-29H,7,12-19,22H2,1-6H3,(H,39,46)(H,40,47). The van der Waals surface area contributed by atoms with Crippen molar-refractivity contribution in [2.75, 3.05) is 37.7 Å². The van der Waals surface area contributed by atoms with Gasteiger partial charge in [0, 0.05) is 93.5 Å². The van der Waals surface area contributed by atoms with E-state index >= 15 is 0 Å². The molecule has 4 aromatic rings. The van der Waals surface area contributed by atoms with Crippen molar-refractivity contribution in [2.45, 2.75) is 78.9 Å². The van der Waals surface area contributed by atoms with Crippen molar-refractivity contribution in [3.8, 4) is 11.1 Å². The molecular formula is C38H48N6O5. The summed E-state index contributed by atoms with van der Waals surface area (Å²) in [4.78, 5) is 59.0. The molecule has 11 heteroatoms. The van der Waals surface area contributed by atoms with Crippen LogP contribution >= 0.6 is 0 Å². The number of aryl methyl sites for hydroxylation is 3. The molecule has 2 aliphatic rings. The van der Waals surface area contributed by atoms with Gasteiger partial charge in [-0.05, 0) is 94.3 Å². The Morgan fingerprint density at radius 2 is 1.69 bits per heavy atom. The summed E-state index contributed by atoms with van der Waals surface area (Å²) in [6, 6.07) is 12.3. The minimum atomic E-state index is -0.238. The van der Waals surface area contributed by atoms with E-state index in [1.807, 2.05) is 61.6 Å². The van der Waals surface area contributed by atoms with E-state index in [2.05, 4.69) is 34.3 Å². The number of hydrogen-bond donors (Lipinski definition) is 2. The second-order valence-corrected chi connectivity index (χ2v) is 13.5. The average molecular weight is 669 g/mol. The third-order valence-corrected chi connectivity index (χ3v) is 10.5. The zero-order chi connectivity index (χ0) is 35.0. The van der Waals surface area contributed by atoms with Gasteiger partial charge in [0.15, 0.2) is 0 Å². The summed E-state index contributed by atoms with van der Waals surface area (Å²) in [6.07, 6.45) is 3.25. The molecule has 2 fully saturated rings. The second kappa shape index (κ2) is 14.1. The molecule has 2 aromatic heterocycles. The van der Waals surface area contributed by atoms with Crippen molar-refractivity contribution in [2.24, 2.45) is 7.05 Å². The number of H-pyrrole nitrogens is 1. The molecule has 4 heterocycles. The Hall–Kier alpha value is -4.64. The molecule has 2 amide bonds. The molecule has 260 valence electrons. The number of likely N-dealkylation sites (tertiary alicyclic amines) is 1. The van der Waals surface area contributed by atoms with Gasteiger partial charge in [-0.25, -0.2) is 4.79 Å². The van der Waals surface area contributed by atoms with Gasteiger partial charge >= 0.3 is 5.69 Å². The van der Waals surface area contributed by atoms with E-state index in [4.69, 9.17) is 4.74 Å². The number of carbonyl (C=O) groups excluding carboxylic acids is 2. The lowest BCUT2D eigenvalue weighted by atomic mass is 9.93. The van der Waals surface area contributed by atoms with Gasteiger partial charge in [0.25, 0.3) is 11.5 Å². The first-order chi connectivity index (χ1) is 23.5. The molecular weight excluding hydrogens is 620 g/mol. The Balaban J connectivity index is 1.40. The van der Waals surface area contributed by atoms with Crippen LogP contribution in [0.1, 0.15) is 78.3 Å². The number of carbonyl (C=O) groups is 2. The molecule has 2 aliphatic heterocycles. The first-order valence-corrected chi connectivity index (χ1v) is 17.4. The average Bonchev–Trinajstić information content (AvgIpc) is 3.34. The topological polar surface area (TPSA) is 122 Å². The van der Waals surface area contributed by atoms with Gasteiger partial charge in [-0.1, -0.05) is 12.1 Å². The maximum atomic E-state index is 13.8. The summed E-state index contributed by atoms with van der Waals surface area (Å²) in [6.45, 7) is 13.0. The number of aromatic nitrogens is 3. The highest BCUT2D eigenvalue weighted by Gasteiger charge is 2.29. The predicted molar refractivity (Wildman–Crippen MR) is 192 cm³/mol. The van der Waals surface area contributed by atoms with Crippen LogP contribution in [0.2, 0.25) is 0 Å². The molecule has 0 atom stereocenters. The molecule has 0 bridgehead atoms. The highest BCUT2D eigenvalue weighted by molar-refractivity contribution is 6.00. The number of imidazole rings is 1. The normalized spacial score (nSPS) is 15.9. The number of amides is 2. The Morgan fingerprint density at radius 3 is 2.35 bits per heavy atom. The number of pyridine rings is 1. The Labute approximate surface area is 286 Å². The van der Waals surface area contributed by atoms with E-state index in [1.165, 1.54) is 0 Å². The summed E-state index contributed by atoms with van der Waals surface area (Å²) >= 11 is 0. The van der Waals surface area contributed by atoms with Gasteiger partial charge in [-0.15, -0.1) is 0 Å². The molecule has 0 unspecified atom stereocenters. The summed E-state index contributed by atoms with van der Waals surface area (Å²) in [5.41, 5.74) is 8.00. The Bertz CT molecular complexity index is 2010. The maximum Gasteiger partial charge on any atom is 0.329 e. The van der Waals surface area contributed by atoms with E-state index in [0.717, 1.165) is 76.9 Å². The molecule has 0 saturated carbocycles. The van der Waals surface area contributed by atoms with Crippen LogP contribution in [0.25, 0.3) is 22.2 Å². The molecule has 6 rings (SSSR count). The fourth-order valence-electron chi connectivity index (χ4n) is 7.83. The van der Waals surface area contributed by atoms with Gasteiger partial charge in [-0.2, -0.15) is 0 Å². The molecule has 0 radical (unpaired) electrons. The number of nitrogens with zero attached hydrogens (tertiary/aromatic N) is 4. The molecule has 2 N–H and O–H groups in total. The Morgan fingerprint density at radius 1 is 0.980 bits per heavy atom. The summed E-state index contributed by atoms with van der Waals surface area (Å²) in [5.74, 6) is -0.167. The van der Waals surface area contributed by atoms with Crippen LogP contribution in [0.15, 0.2) is 46.0 Å². The van der Waals surface area contributed by atoms with Gasteiger partial charge in [-0.3, -0.25) is 23.5 Å². The number of nitrogens with one attached hydrogen (secondary N) is 2. The van der Waals surface area contributed by atoms with Gasteiger partial charge < -0.3 is 24.8 Å². The van der Waals surface area contributed by atoms with Crippen LogP contribution in [-0.2, 0) is 23.1 Å². The van der Waals surface area contributed by atoms with E-state index in [1.54, 1.807) is 11.5 Å². The number of hydrogen-bond acceptors (Lipinski definition) is 6. The lowest BCUT2D eigenvalue weighted by molar-refractivity contribution is -0.130. The van der Waals surface area contributed by atoms with Crippen LogP contribution in [-0.4, -0.2) is 69.7 Å². The number of ether oxygens (including phenoxy) is 1. The number of rotatable bonds is 8. The lowest BCUT2D eigenvalue weighted by Crippen LogP contribution is -2.40. The van der Waals surface area contributed by atoms with Gasteiger partial charge in [0.1, 0.15) is 0 Å². The molecule has 0 spiro atoms. The first-order valence-electron chi connectivity index (χ1n) is 17.4. The van der Waals surface area contributed by atoms with E-state index in [0.29, 0.717) is 37.4 Å². The summed E-state index contributed by atoms with van der Waals surface area (Å²) in [7, 11) is 1.82. The molecule has 49 heavy (non-hydrogen) atoms. The first kappa shape index (κ1) is 34.2. The largest absolute Gasteiger partial charge is 0.381 e. The molecule has 2 saturated heterocycles. The van der Waals surface area contributed by atoms with Crippen LogP contribution in [0, 0.1) is 20.8 Å². The SMILES string of the molecule is CCN(c1c(-c2ccc3c(c2)n(C)c(=O)n3C2CCN(C(C)=O)CC2)ccc(C(=O)NCc2c(C)cc(C)[nH]c2=O)c1C)C1CCOCC1. The van der Waals surface area contributed by atoms with E-state index in [9.17, 15) is 19.2 Å². The number of anilines is 1. The summed E-state index contributed by atoms with van der Waals surface area (Å²) < 4.78 is 9.33. The quantitative estimate of drug-likeness (QED) is 0.280. The number of aromatic amines is 1. The van der Waals surface area contributed by atoms with Crippen molar-refractivity contribution in [3.63, 3.8) is 0 Å². The van der Waals surface area contributed by atoms with Crippen LogP contribution in [0.5, 0.6) is 0 Å². The molecule has 2 aromatic carbocycles. The van der Waals surface area contributed by atoms with Crippen LogP contribution < -0.4 is 21.5 Å². The lowest BCUT2D eigenvalue weighted by Gasteiger charge is -2.38. The molecule has 0 aliphatic carbocycles. The highest BCUT2D eigenvalue weighted by Crippen LogP contribution is 2.39. The van der Waals surface area contributed by atoms with Crippen LogP contribution in [0.3, 0.4) is 0 Å². The number of fused-ring (bicyclic) bond motifs is 1. The van der Waals surface area contributed by atoms with E-state index in [-0.39, 0.29) is 41.7 Å². The number of piperidine rings is 1. The zero-order valence-corrected chi connectivity index (χ0v) is 29.5. The summed E-state index contributed by atoms with van der Waals surface area (Å²) in [5, 5.41) is 3.00. The highest BCUT2D eigenvalue weighted by atomic mass is 16.5. The van der Waals surface area contributed by atoms with Crippen molar-refractivity contribution in [1.82, 2.24) is 24.3 Å². The van der Waals surface area contributed by atoms with E-state index < -0.39 is 0 Å². The predicted octanol–water partition coefficient (Wildman–Crippen LogP) is 4.74. The maximum absolute atomic E-state index is 13.8. The minimum Gasteiger partial charge on any atom is -0.381 e. The van der Waals surface area contributed by atoms with Crippen molar-refractivity contribution in [3.05, 3.63) is 85.2 Å². The van der Waals surface area contributed by atoms with Gasteiger partial charge in [0.2, 0.25) is 5.91 Å².